The summed E-state index contributed by atoms with van der Waals surface area (Å²) in [5.41, 5.74) is 0. The van der Waals surface area contributed by atoms with E-state index in [0.29, 0.717) is 0 Å². The van der Waals surface area contributed by atoms with Crippen molar-refractivity contribution in [3.8, 4) is 0 Å². The molecule has 0 amide bonds. The summed E-state index contributed by atoms with van der Waals surface area (Å²) in [5, 5.41) is 5.88. The van der Waals surface area contributed by atoms with Crippen LogP contribution in [-0.4, -0.2) is 13.1 Å². The van der Waals surface area contributed by atoms with Gasteiger partial charge in [-0.15, -0.1) is 0 Å². The molecule has 0 aliphatic rings. The minimum Gasteiger partial charge on any atom is -0.0915 e. The molecular weight excluding hydrogens is 171 g/mol. The summed E-state index contributed by atoms with van der Waals surface area (Å²) in [6.45, 7) is 5.95. The molecule has 0 aromatic carbocycles. The molecule has 12 heavy (non-hydrogen) atoms. The van der Waals surface area contributed by atoms with Gasteiger partial charge in [0.2, 0.25) is 0 Å². The highest BCUT2D eigenvalue weighted by molar-refractivity contribution is 7.40. The lowest BCUT2D eigenvalue weighted by Gasteiger charge is -1.92. The van der Waals surface area contributed by atoms with Crippen LogP contribution in [0.3, 0.4) is 0 Å². The largest absolute Gasteiger partial charge is 0.532 e. The first-order valence-electron chi connectivity index (χ1n) is 4.75. The van der Waals surface area contributed by atoms with Crippen LogP contribution in [0.1, 0.15) is 39.5 Å². The molecule has 2 N–H and O–H groups in total. The predicted molar refractivity (Wildman–Crippen MR) is 53.4 cm³/mol. The van der Waals surface area contributed by atoms with Gasteiger partial charge in [0, 0.05) is 13.1 Å². The third-order valence-electron chi connectivity index (χ3n) is 1.57. The van der Waals surface area contributed by atoms with Crippen LogP contribution in [0.25, 0.3) is 0 Å². The van der Waals surface area contributed by atoms with E-state index in [1.165, 1.54) is 0 Å². The first kappa shape index (κ1) is 12.0. The fourth-order valence-corrected chi connectivity index (χ4v) is 1.60. The zero-order chi connectivity index (χ0) is 9.23. The third kappa shape index (κ3) is 8.12. The smallest absolute Gasteiger partial charge is 0.0915 e. The quantitative estimate of drug-likeness (QED) is 0.457. The van der Waals surface area contributed by atoms with Gasteiger partial charge in [0.15, 0.2) is 0 Å². The van der Waals surface area contributed by atoms with Crippen LogP contribution in [0.4, 0.5) is 0 Å². The highest BCUT2D eigenvalue weighted by atomic mass is 31.1. The van der Waals surface area contributed by atoms with Crippen LogP contribution in [0.15, 0.2) is 0 Å². The molecule has 0 atom stereocenters. The minimum absolute atomic E-state index is 0.852. The molecule has 0 rings (SSSR count). The molecule has 0 aliphatic carbocycles. The Labute approximate surface area is 76.2 Å². The van der Waals surface area contributed by atoms with Gasteiger partial charge in [-0.25, -0.2) is 0 Å². The second-order valence-corrected chi connectivity index (χ2v) is 4.04. The van der Waals surface area contributed by atoms with Gasteiger partial charge in [0.25, 0.3) is 0 Å². The molecule has 0 saturated heterocycles. The summed E-state index contributed by atoms with van der Waals surface area (Å²) < 4.78 is 11.1. The van der Waals surface area contributed by atoms with Crippen molar-refractivity contribution >= 4 is 8.10 Å². The van der Waals surface area contributed by atoms with Crippen molar-refractivity contribution in [1.29, 1.82) is 0 Å². The number of hydrogen-bond acceptors (Lipinski definition) is 1. The van der Waals surface area contributed by atoms with Crippen molar-refractivity contribution in [2.24, 2.45) is 0 Å². The van der Waals surface area contributed by atoms with Crippen molar-refractivity contribution in [3.63, 3.8) is 0 Å². The zero-order valence-electron chi connectivity index (χ0n) is 8.10. The molecule has 72 valence electrons. The van der Waals surface area contributed by atoms with Gasteiger partial charge in [0.05, 0.1) is 0 Å². The summed E-state index contributed by atoms with van der Waals surface area (Å²) in [5.74, 6) is 0. The van der Waals surface area contributed by atoms with E-state index in [9.17, 15) is 4.57 Å². The van der Waals surface area contributed by atoms with Crippen LogP contribution in [0.2, 0.25) is 0 Å². The summed E-state index contributed by atoms with van der Waals surface area (Å²) in [4.78, 5) is 0. The fourth-order valence-electron chi connectivity index (χ4n) is 0.771. The molecule has 0 bridgehead atoms. The van der Waals surface area contributed by atoms with E-state index in [4.69, 9.17) is 0 Å². The van der Waals surface area contributed by atoms with Crippen molar-refractivity contribution in [1.82, 2.24) is 10.2 Å². The normalized spacial score (nSPS) is 10.2. The topological polar surface area (TPSA) is 41.1 Å². The van der Waals surface area contributed by atoms with Gasteiger partial charge < -0.3 is 0 Å². The Morgan fingerprint density at radius 3 is 1.75 bits per heavy atom. The van der Waals surface area contributed by atoms with Crippen molar-refractivity contribution in [2.75, 3.05) is 13.1 Å². The predicted octanol–water partition coefficient (Wildman–Crippen LogP) is 2.42. The molecule has 3 nitrogen and oxygen atoms in total. The lowest BCUT2D eigenvalue weighted by molar-refractivity contribution is 0.565. The van der Waals surface area contributed by atoms with Crippen molar-refractivity contribution < 1.29 is 4.57 Å². The Morgan fingerprint density at radius 2 is 1.42 bits per heavy atom. The van der Waals surface area contributed by atoms with Crippen LogP contribution in [0.5, 0.6) is 0 Å². The Kier molecular flexibility index (Phi) is 9.13. The van der Waals surface area contributed by atoms with E-state index < -0.39 is 8.10 Å². The van der Waals surface area contributed by atoms with Gasteiger partial charge in [-0.2, -0.15) is 0 Å². The molecule has 0 aliphatic heterocycles. The Hall–Kier alpha value is 0.0200. The average Bonchev–Trinajstić information content (AvgIpc) is 2.06. The summed E-state index contributed by atoms with van der Waals surface area (Å²) >= 11 is 0. The molecule has 4 heteroatoms. The van der Waals surface area contributed by atoms with E-state index in [1.807, 2.05) is 0 Å². The molecule has 0 unspecified atom stereocenters. The van der Waals surface area contributed by atoms with Crippen LogP contribution in [-0.2, 0) is 4.57 Å². The maximum absolute atomic E-state index is 11.1. The Balaban J connectivity index is 3.10. The maximum atomic E-state index is 11.1. The zero-order valence-corrected chi connectivity index (χ0v) is 8.99. The molecule has 0 aromatic rings. The SMILES string of the molecule is CCCCN[P+](=O)NCCCC. The monoisotopic (exact) mass is 191 g/mol. The minimum atomic E-state index is -1.35. The van der Waals surface area contributed by atoms with Gasteiger partial charge in [0.1, 0.15) is 0 Å². The molecule has 0 aromatic heterocycles. The number of nitrogens with one attached hydrogen (secondary N) is 2. The second kappa shape index (κ2) is 9.11. The van der Waals surface area contributed by atoms with Crippen LogP contribution >= 0.6 is 8.10 Å². The van der Waals surface area contributed by atoms with E-state index in [2.05, 4.69) is 24.0 Å². The molecular formula is C8H20N2OP+. The number of rotatable bonds is 8. The van der Waals surface area contributed by atoms with Crippen molar-refractivity contribution in [3.05, 3.63) is 0 Å². The molecule has 0 fully saturated rings. The Bertz CT molecular complexity index is 108. The molecule has 0 radical (unpaired) electrons. The fraction of sp³-hybridized carbons (Fsp3) is 1.00. The average molecular weight is 191 g/mol. The highest BCUT2D eigenvalue weighted by Crippen LogP contribution is 2.06. The van der Waals surface area contributed by atoms with Gasteiger partial charge >= 0.3 is 8.10 Å². The van der Waals surface area contributed by atoms with Crippen LogP contribution in [0, 0.1) is 0 Å². The summed E-state index contributed by atoms with van der Waals surface area (Å²) in [6.07, 6.45) is 4.48. The van der Waals surface area contributed by atoms with Gasteiger partial charge in [-0.05, 0) is 17.4 Å². The lowest BCUT2D eigenvalue weighted by Crippen LogP contribution is -2.15. The third-order valence-corrected chi connectivity index (χ3v) is 2.59. The van der Waals surface area contributed by atoms with Gasteiger partial charge in [-0.3, -0.25) is 0 Å². The van der Waals surface area contributed by atoms with Crippen LogP contribution < -0.4 is 10.2 Å². The first-order chi connectivity index (χ1) is 5.81. The summed E-state index contributed by atoms with van der Waals surface area (Å²) in [7, 11) is -1.35. The van der Waals surface area contributed by atoms with Gasteiger partial charge in [-0.1, -0.05) is 36.9 Å². The molecule has 0 spiro atoms. The molecule has 0 heterocycles. The number of hydrogen-bond donors (Lipinski definition) is 2. The second-order valence-electron chi connectivity index (χ2n) is 2.82. The first-order valence-corrected chi connectivity index (χ1v) is 6.01. The van der Waals surface area contributed by atoms with Crippen molar-refractivity contribution in [2.45, 2.75) is 39.5 Å². The van der Waals surface area contributed by atoms with E-state index in [1.54, 1.807) is 0 Å². The highest BCUT2D eigenvalue weighted by Gasteiger charge is 2.11. The molecule has 0 saturated carbocycles. The van der Waals surface area contributed by atoms with E-state index >= 15 is 0 Å². The lowest BCUT2D eigenvalue weighted by atomic mass is 10.3. The van der Waals surface area contributed by atoms with E-state index in [-0.39, 0.29) is 0 Å². The summed E-state index contributed by atoms with van der Waals surface area (Å²) in [6, 6.07) is 0. The van der Waals surface area contributed by atoms with E-state index in [0.717, 1.165) is 38.8 Å². The Morgan fingerprint density at radius 1 is 1.00 bits per heavy atom. The maximum Gasteiger partial charge on any atom is 0.532 e. The number of unbranched alkanes of at least 4 members (excludes halogenated alkanes) is 2. The standard InChI is InChI=1S/C8H20N2OP/c1-3-5-7-9-12(11)10-8-6-4-2/h3-8H2,1-2H3,(H2,9,10,11)/q+1.